The van der Waals surface area contributed by atoms with Gasteiger partial charge in [-0.15, -0.1) is 11.8 Å². The molecule has 3 nitrogen and oxygen atoms in total. The predicted molar refractivity (Wildman–Crippen MR) is 85.6 cm³/mol. The molecule has 0 radical (unpaired) electrons. The number of sulfone groups is 1. The summed E-state index contributed by atoms with van der Waals surface area (Å²) in [6.45, 7) is 0. The van der Waals surface area contributed by atoms with E-state index in [0.29, 0.717) is 10.6 Å². The maximum Gasteiger partial charge on any atom is 0.180 e. The third-order valence-electron chi connectivity index (χ3n) is 3.22. The van der Waals surface area contributed by atoms with Gasteiger partial charge in [0.05, 0.1) is 15.9 Å². The van der Waals surface area contributed by atoms with E-state index in [2.05, 4.69) is 15.9 Å². The average Bonchev–Trinajstić information content (AvgIpc) is 2.66. The van der Waals surface area contributed by atoms with Gasteiger partial charge in [0.2, 0.25) is 0 Å². The van der Waals surface area contributed by atoms with Gasteiger partial charge in [-0.25, -0.2) is 8.42 Å². The van der Waals surface area contributed by atoms with Crippen LogP contribution in [0, 0.1) is 0 Å². The summed E-state index contributed by atoms with van der Waals surface area (Å²) in [6, 6.07) is 12.8. The van der Waals surface area contributed by atoms with Gasteiger partial charge in [0.1, 0.15) is 0 Å². The molecule has 1 unspecified atom stereocenters. The SMILES string of the molecule is Nc1ccc(Br)cc1SC1CS(=O)(=O)c2ccccc21. The number of benzene rings is 2. The van der Waals surface area contributed by atoms with Crippen molar-refractivity contribution in [2.75, 3.05) is 11.5 Å². The molecule has 2 N–H and O–H groups in total. The van der Waals surface area contributed by atoms with Crippen LogP contribution in [0.2, 0.25) is 0 Å². The Kier molecular flexibility index (Phi) is 3.56. The average molecular weight is 370 g/mol. The topological polar surface area (TPSA) is 60.2 Å². The molecule has 0 spiro atoms. The highest BCUT2D eigenvalue weighted by Gasteiger charge is 2.35. The molecule has 0 aliphatic carbocycles. The molecule has 6 heteroatoms. The quantitative estimate of drug-likeness (QED) is 0.820. The maximum atomic E-state index is 12.2. The van der Waals surface area contributed by atoms with Crippen molar-refractivity contribution in [1.82, 2.24) is 0 Å². The van der Waals surface area contributed by atoms with Crippen LogP contribution in [0.5, 0.6) is 0 Å². The molecule has 0 amide bonds. The zero-order chi connectivity index (χ0) is 14.3. The summed E-state index contributed by atoms with van der Waals surface area (Å²) in [5.74, 6) is 0.128. The summed E-state index contributed by atoms with van der Waals surface area (Å²) in [5, 5.41) is -0.104. The highest BCUT2D eigenvalue weighted by Crippen LogP contribution is 2.46. The van der Waals surface area contributed by atoms with Crippen molar-refractivity contribution in [2.45, 2.75) is 15.0 Å². The van der Waals surface area contributed by atoms with Crippen LogP contribution >= 0.6 is 27.7 Å². The van der Waals surface area contributed by atoms with Gasteiger partial charge in [-0.2, -0.15) is 0 Å². The summed E-state index contributed by atoms with van der Waals surface area (Å²) < 4.78 is 25.2. The van der Waals surface area contributed by atoms with E-state index in [4.69, 9.17) is 5.73 Å². The summed E-state index contributed by atoms with van der Waals surface area (Å²) in [7, 11) is -3.17. The number of fused-ring (bicyclic) bond motifs is 1. The molecule has 1 aliphatic rings. The lowest BCUT2D eigenvalue weighted by Gasteiger charge is -2.12. The fourth-order valence-corrected chi connectivity index (χ4v) is 6.32. The van der Waals surface area contributed by atoms with Crippen LogP contribution in [-0.4, -0.2) is 14.2 Å². The summed E-state index contributed by atoms with van der Waals surface area (Å²) >= 11 is 4.92. The molecule has 1 atom stereocenters. The molecule has 0 fully saturated rings. The first kappa shape index (κ1) is 14.0. The number of hydrogen-bond donors (Lipinski definition) is 1. The van der Waals surface area contributed by atoms with Crippen molar-refractivity contribution >= 4 is 43.2 Å². The van der Waals surface area contributed by atoms with Crippen LogP contribution in [0.3, 0.4) is 0 Å². The standard InChI is InChI=1S/C14H12BrNO2S2/c15-9-5-6-11(16)12(7-9)19-13-8-20(17,18)14-4-2-1-3-10(13)14/h1-7,13H,8,16H2. The number of nitrogens with two attached hydrogens (primary N) is 1. The zero-order valence-electron chi connectivity index (χ0n) is 10.4. The molecule has 0 saturated carbocycles. The molecule has 0 aromatic heterocycles. The first-order chi connectivity index (χ1) is 9.47. The molecule has 104 valence electrons. The largest absolute Gasteiger partial charge is 0.398 e. The first-order valence-corrected chi connectivity index (χ1v) is 9.33. The van der Waals surface area contributed by atoms with Crippen LogP contribution in [0.15, 0.2) is 56.7 Å². The Morgan fingerprint density at radius 2 is 1.95 bits per heavy atom. The van der Waals surface area contributed by atoms with E-state index >= 15 is 0 Å². The lowest BCUT2D eigenvalue weighted by molar-refractivity contribution is 0.600. The van der Waals surface area contributed by atoms with E-state index in [1.54, 1.807) is 12.1 Å². The van der Waals surface area contributed by atoms with Crippen LogP contribution in [0.1, 0.15) is 10.8 Å². The molecule has 0 saturated heterocycles. The number of halogens is 1. The van der Waals surface area contributed by atoms with E-state index in [-0.39, 0.29) is 11.0 Å². The van der Waals surface area contributed by atoms with Gasteiger partial charge in [-0.1, -0.05) is 34.1 Å². The second kappa shape index (κ2) is 5.09. The molecule has 20 heavy (non-hydrogen) atoms. The van der Waals surface area contributed by atoms with Crippen molar-refractivity contribution in [2.24, 2.45) is 0 Å². The number of thioether (sulfide) groups is 1. The Hall–Kier alpha value is -0.980. The number of anilines is 1. The Morgan fingerprint density at radius 1 is 1.20 bits per heavy atom. The van der Waals surface area contributed by atoms with Crippen molar-refractivity contribution in [3.63, 3.8) is 0 Å². The van der Waals surface area contributed by atoms with Crippen LogP contribution in [0.4, 0.5) is 5.69 Å². The van der Waals surface area contributed by atoms with Gasteiger partial charge in [-0.05, 0) is 29.8 Å². The van der Waals surface area contributed by atoms with Gasteiger partial charge in [0.15, 0.2) is 9.84 Å². The van der Waals surface area contributed by atoms with E-state index in [1.807, 2.05) is 30.3 Å². The monoisotopic (exact) mass is 369 g/mol. The minimum Gasteiger partial charge on any atom is -0.398 e. The van der Waals surface area contributed by atoms with Gasteiger partial charge in [-0.3, -0.25) is 0 Å². The predicted octanol–water partition coefficient (Wildman–Crippen LogP) is 3.65. The first-order valence-electron chi connectivity index (χ1n) is 6.01. The second-order valence-corrected chi connectivity index (χ2v) is 8.77. The molecule has 1 aliphatic heterocycles. The van der Waals surface area contributed by atoms with E-state index in [0.717, 1.165) is 14.9 Å². The molecule has 2 aromatic rings. The molecular formula is C14H12BrNO2S2. The maximum absolute atomic E-state index is 12.2. The minimum absolute atomic E-state index is 0.104. The van der Waals surface area contributed by atoms with Crippen LogP contribution in [-0.2, 0) is 9.84 Å². The molecule has 1 heterocycles. The van der Waals surface area contributed by atoms with Crippen molar-refractivity contribution in [1.29, 1.82) is 0 Å². The van der Waals surface area contributed by atoms with Crippen molar-refractivity contribution in [3.05, 3.63) is 52.5 Å². The summed E-state index contributed by atoms with van der Waals surface area (Å²) in [5.41, 5.74) is 7.50. The smallest absolute Gasteiger partial charge is 0.180 e. The lowest BCUT2D eigenvalue weighted by Crippen LogP contribution is -2.01. The van der Waals surface area contributed by atoms with Crippen molar-refractivity contribution in [3.8, 4) is 0 Å². The highest BCUT2D eigenvalue weighted by atomic mass is 79.9. The lowest BCUT2D eigenvalue weighted by atomic mass is 10.2. The Morgan fingerprint density at radius 3 is 2.75 bits per heavy atom. The fourth-order valence-electron chi connectivity index (χ4n) is 2.27. The number of nitrogen functional groups attached to an aromatic ring is 1. The van der Waals surface area contributed by atoms with Gasteiger partial charge >= 0.3 is 0 Å². The van der Waals surface area contributed by atoms with Crippen molar-refractivity contribution < 1.29 is 8.42 Å². The van der Waals surface area contributed by atoms with E-state index < -0.39 is 9.84 Å². The zero-order valence-corrected chi connectivity index (χ0v) is 13.6. The number of rotatable bonds is 2. The molecule has 3 rings (SSSR count). The molecule has 2 aromatic carbocycles. The summed E-state index contributed by atoms with van der Waals surface area (Å²) in [6.07, 6.45) is 0. The third-order valence-corrected chi connectivity index (χ3v) is 7.05. The Bertz CT molecular complexity index is 774. The number of hydrogen-bond acceptors (Lipinski definition) is 4. The summed E-state index contributed by atoms with van der Waals surface area (Å²) in [4.78, 5) is 1.35. The normalized spacial score (nSPS) is 19.8. The minimum atomic E-state index is -3.17. The van der Waals surface area contributed by atoms with Gasteiger partial charge in [0, 0.05) is 15.1 Å². The molecular weight excluding hydrogens is 358 g/mol. The van der Waals surface area contributed by atoms with Gasteiger partial charge < -0.3 is 5.73 Å². The van der Waals surface area contributed by atoms with E-state index in [1.165, 1.54) is 11.8 Å². The Labute approximate surface area is 130 Å². The van der Waals surface area contributed by atoms with E-state index in [9.17, 15) is 8.42 Å². The van der Waals surface area contributed by atoms with Crippen LogP contribution in [0.25, 0.3) is 0 Å². The highest BCUT2D eigenvalue weighted by molar-refractivity contribution is 9.10. The molecule has 0 bridgehead atoms. The van der Waals surface area contributed by atoms with Gasteiger partial charge in [0.25, 0.3) is 0 Å². The second-order valence-electron chi connectivity index (χ2n) is 4.61. The fraction of sp³-hybridized carbons (Fsp3) is 0.143. The third kappa shape index (κ3) is 2.47. The Balaban J connectivity index is 2.00. The van der Waals surface area contributed by atoms with Crippen LogP contribution < -0.4 is 5.73 Å².